The van der Waals surface area contributed by atoms with Crippen molar-refractivity contribution in [1.82, 2.24) is 4.90 Å². The second-order valence-electron chi connectivity index (χ2n) is 6.12. The molecule has 0 aliphatic carbocycles. The summed E-state index contributed by atoms with van der Waals surface area (Å²) >= 11 is 2.01. The van der Waals surface area contributed by atoms with Crippen LogP contribution in [0.3, 0.4) is 0 Å². The highest BCUT2D eigenvalue weighted by Gasteiger charge is 2.12. The smallest absolute Gasteiger partial charge is 0.256 e. The van der Waals surface area contributed by atoms with Gasteiger partial charge < -0.3 is 11.1 Å². The fraction of sp³-hybridized carbons (Fsp3) is 0.316. The molecule has 0 aromatic heterocycles. The van der Waals surface area contributed by atoms with Gasteiger partial charge in [-0.25, -0.2) is 0 Å². The third kappa shape index (κ3) is 4.30. The van der Waals surface area contributed by atoms with E-state index in [1.54, 1.807) is 6.07 Å². The number of nitrogen functional groups attached to an aromatic ring is 1. The zero-order chi connectivity index (χ0) is 16.9. The first-order valence-electron chi connectivity index (χ1n) is 8.18. The summed E-state index contributed by atoms with van der Waals surface area (Å²) in [7, 11) is 0. The molecular formula is C19H23N3OS. The second kappa shape index (κ2) is 7.73. The third-order valence-corrected chi connectivity index (χ3v) is 5.14. The Hall–Kier alpha value is -1.98. The fourth-order valence-corrected chi connectivity index (χ4v) is 3.83. The number of aryl methyl sites for hydroxylation is 1. The molecule has 0 unspecified atom stereocenters. The van der Waals surface area contributed by atoms with Gasteiger partial charge in [-0.05, 0) is 42.3 Å². The van der Waals surface area contributed by atoms with E-state index in [9.17, 15) is 4.79 Å². The van der Waals surface area contributed by atoms with Crippen LogP contribution in [0.5, 0.6) is 0 Å². The molecule has 0 saturated carbocycles. The second-order valence-corrected chi connectivity index (χ2v) is 7.34. The number of carbonyl (C=O) groups is 1. The van der Waals surface area contributed by atoms with Crippen LogP contribution >= 0.6 is 11.8 Å². The molecule has 0 spiro atoms. The van der Waals surface area contributed by atoms with Crippen LogP contribution in [0.1, 0.15) is 21.5 Å². The maximum atomic E-state index is 12.5. The number of hydrogen-bond acceptors (Lipinski definition) is 4. The maximum Gasteiger partial charge on any atom is 0.256 e. The standard InChI is InChI=1S/C19H23N3OS/c1-14-5-6-16(20)12-18(14)19(23)21-17-4-2-3-15(11-17)13-22-7-9-24-10-8-22/h2-6,11-12H,7-10,13,20H2,1H3,(H,21,23). The van der Waals surface area contributed by atoms with E-state index in [1.807, 2.05) is 43.0 Å². The first kappa shape index (κ1) is 16.9. The number of amides is 1. The lowest BCUT2D eigenvalue weighted by molar-refractivity contribution is 0.102. The van der Waals surface area contributed by atoms with Crippen molar-refractivity contribution < 1.29 is 4.79 Å². The van der Waals surface area contributed by atoms with E-state index in [2.05, 4.69) is 22.3 Å². The number of hydrogen-bond donors (Lipinski definition) is 2. The normalized spacial score (nSPS) is 15.2. The minimum atomic E-state index is -0.119. The SMILES string of the molecule is Cc1ccc(N)cc1C(=O)Nc1cccc(CN2CCSCC2)c1. The van der Waals surface area contributed by atoms with Gasteiger partial charge >= 0.3 is 0 Å². The van der Waals surface area contributed by atoms with Crippen molar-refractivity contribution in [3.05, 3.63) is 59.2 Å². The van der Waals surface area contributed by atoms with Crippen LogP contribution in [0.4, 0.5) is 11.4 Å². The Labute approximate surface area is 147 Å². The van der Waals surface area contributed by atoms with E-state index in [1.165, 1.54) is 17.1 Å². The maximum absolute atomic E-state index is 12.5. The lowest BCUT2D eigenvalue weighted by atomic mass is 10.1. The zero-order valence-corrected chi connectivity index (χ0v) is 14.7. The van der Waals surface area contributed by atoms with Crippen LogP contribution in [0.15, 0.2) is 42.5 Å². The van der Waals surface area contributed by atoms with Gasteiger partial charge in [0.2, 0.25) is 0 Å². The lowest BCUT2D eigenvalue weighted by Gasteiger charge is -2.26. The summed E-state index contributed by atoms with van der Waals surface area (Å²) in [6, 6.07) is 13.5. The van der Waals surface area contributed by atoms with E-state index in [0.717, 1.165) is 30.9 Å². The summed E-state index contributed by atoms with van der Waals surface area (Å²) < 4.78 is 0. The summed E-state index contributed by atoms with van der Waals surface area (Å²) in [5.41, 5.74) is 9.99. The summed E-state index contributed by atoms with van der Waals surface area (Å²) in [5.74, 6) is 2.28. The van der Waals surface area contributed by atoms with Gasteiger partial charge in [0.1, 0.15) is 0 Å². The molecule has 1 aliphatic heterocycles. The van der Waals surface area contributed by atoms with Gasteiger partial charge in [0.25, 0.3) is 5.91 Å². The number of benzene rings is 2. The third-order valence-electron chi connectivity index (χ3n) is 4.20. The van der Waals surface area contributed by atoms with Crippen molar-refractivity contribution in [2.75, 3.05) is 35.6 Å². The topological polar surface area (TPSA) is 58.4 Å². The Morgan fingerprint density at radius 1 is 1.21 bits per heavy atom. The predicted molar refractivity (Wildman–Crippen MR) is 103 cm³/mol. The molecule has 24 heavy (non-hydrogen) atoms. The molecule has 2 aromatic carbocycles. The average Bonchev–Trinajstić information content (AvgIpc) is 2.58. The highest BCUT2D eigenvalue weighted by atomic mass is 32.2. The Bertz CT molecular complexity index is 726. The Balaban J connectivity index is 1.69. The van der Waals surface area contributed by atoms with Gasteiger partial charge in [-0.3, -0.25) is 9.69 Å². The minimum Gasteiger partial charge on any atom is -0.399 e. The summed E-state index contributed by atoms with van der Waals surface area (Å²) in [5, 5.41) is 2.99. The van der Waals surface area contributed by atoms with Gasteiger partial charge in [-0.2, -0.15) is 11.8 Å². The number of nitrogens with zero attached hydrogens (tertiary/aromatic N) is 1. The summed E-state index contributed by atoms with van der Waals surface area (Å²) in [6.07, 6.45) is 0. The van der Waals surface area contributed by atoms with Crippen molar-refractivity contribution in [2.24, 2.45) is 0 Å². The molecule has 1 aliphatic rings. The Morgan fingerprint density at radius 3 is 2.79 bits per heavy atom. The first-order valence-corrected chi connectivity index (χ1v) is 9.34. The highest BCUT2D eigenvalue weighted by Crippen LogP contribution is 2.18. The first-order chi connectivity index (χ1) is 11.6. The minimum absolute atomic E-state index is 0.119. The van der Waals surface area contributed by atoms with Gasteiger partial charge in [-0.1, -0.05) is 18.2 Å². The molecule has 1 heterocycles. The fourth-order valence-electron chi connectivity index (χ4n) is 2.85. The molecule has 0 bridgehead atoms. The molecule has 0 radical (unpaired) electrons. The van der Waals surface area contributed by atoms with Crippen LogP contribution in [-0.4, -0.2) is 35.4 Å². The monoisotopic (exact) mass is 341 g/mol. The molecular weight excluding hydrogens is 318 g/mol. The van der Waals surface area contributed by atoms with Crippen molar-refractivity contribution in [1.29, 1.82) is 0 Å². The quantitative estimate of drug-likeness (QED) is 0.837. The highest BCUT2D eigenvalue weighted by molar-refractivity contribution is 7.99. The molecule has 126 valence electrons. The van der Waals surface area contributed by atoms with Gasteiger partial charge in [0, 0.05) is 48.1 Å². The number of nitrogens with one attached hydrogen (secondary N) is 1. The number of rotatable bonds is 4. The molecule has 4 nitrogen and oxygen atoms in total. The largest absolute Gasteiger partial charge is 0.399 e. The molecule has 2 aromatic rings. The van der Waals surface area contributed by atoms with Crippen LogP contribution in [0, 0.1) is 6.92 Å². The molecule has 1 saturated heterocycles. The molecule has 3 N–H and O–H groups in total. The molecule has 3 rings (SSSR count). The Kier molecular flexibility index (Phi) is 5.43. The van der Waals surface area contributed by atoms with E-state index in [0.29, 0.717) is 11.3 Å². The van der Waals surface area contributed by atoms with Crippen molar-refractivity contribution >= 4 is 29.0 Å². The number of anilines is 2. The van der Waals surface area contributed by atoms with Crippen molar-refractivity contribution in [3.63, 3.8) is 0 Å². The van der Waals surface area contributed by atoms with Crippen molar-refractivity contribution in [2.45, 2.75) is 13.5 Å². The molecule has 1 fully saturated rings. The van der Waals surface area contributed by atoms with Gasteiger partial charge in [0.15, 0.2) is 0 Å². The van der Waals surface area contributed by atoms with Gasteiger partial charge in [-0.15, -0.1) is 0 Å². The van der Waals surface area contributed by atoms with Crippen molar-refractivity contribution in [3.8, 4) is 0 Å². The van der Waals surface area contributed by atoms with Gasteiger partial charge in [0.05, 0.1) is 0 Å². The number of thioether (sulfide) groups is 1. The van der Waals surface area contributed by atoms with Crippen LogP contribution < -0.4 is 11.1 Å². The molecule has 1 amide bonds. The average molecular weight is 341 g/mol. The lowest BCUT2D eigenvalue weighted by Crippen LogP contribution is -2.31. The number of carbonyl (C=O) groups excluding carboxylic acids is 1. The van der Waals surface area contributed by atoms with E-state index in [-0.39, 0.29) is 5.91 Å². The summed E-state index contributed by atoms with van der Waals surface area (Å²) in [4.78, 5) is 15.0. The Morgan fingerprint density at radius 2 is 2.00 bits per heavy atom. The van der Waals surface area contributed by atoms with E-state index < -0.39 is 0 Å². The molecule has 0 atom stereocenters. The summed E-state index contributed by atoms with van der Waals surface area (Å²) in [6.45, 7) is 5.11. The van der Waals surface area contributed by atoms with E-state index >= 15 is 0 Å². The number of nitrogens with two attached hydrogens (primary N) is 1. The zero-order valence-electron chi connectivity index (χ0n) is 13.9. The van der Waals surface area contributed by atoms with E-state index in [4.69, 9.17) is 5.73 Å². The van der Waals surface area contributed by atoms with Crippen LogP contribution in [-0.2, 0) is 6.54 Å². The predicted octanol–water partition coefficient (Wildman–Crippen LogP) is 3.38. The molecule has 5 heteroatoms. The van der Waals surface area contributed by atoms with Crippen LogP contribution in [0.25, 0.3) is 0 Å². The van der Waals surface area contributed by atoms with Crippen LogP contribution in [0.2, 0.25) is 0 Å².